The Hall–Kier alpha value is -0.590. The normalized spacial score (nSPS) is 20.6. The third kappa shape index (κ3) is 6.81. The topological polar surface area (TPSA) is 42.2 Å². The van der Waals surface area contributed by atoms with Gasteiger partial charge in [-0.25, -0.2) is 0 Å². The van der Waals surface area contributed by atoms with Crippen molar-refractivity contribution in [2.75, 3.05) is 19.8 Å². The van der Waals surface area contributed by atoms with Gasteiger partial charge in [0.05, 0.1) is 12.2 Å². The van der Waals surface area contributed by atoms with E-state index in [2.05, 4.69) is 6.07 Å². The minimum absolute atomic E-state index is 0.507. The standard InChI is InChI=1S/C13H23NO2/c14-9-3-6-11-15-10-4-1-7-13-8-2-5-12-16-13/h13H,1-8,10-12H2. The van der Waals surface area contributed by atoms with Crippen LogP contribution < -0.4 is 0 Å². The zero-order valence-corrected chi connectivity index (χ0v) is 10.1. The summed E-state index contributed by atoms with van der Waals surface area (Å²) >= 11 is 0. The van der Waals surface area contributed by atoms with Gasteiger partial charge in [0, 0.05) is 26.2 Å². The molecule has 1 aliphatic heterocycles. The smallest absolute Gasteiger partial charge is 0.0622 e. The minimum atomic E-state index is 0.507. The van der Waals surface area contributed by atoms with E-state index in [0.29, 0.717) is 12.5 Å². The van der Waals surface area contributed by atoms with Crippen molar-refractivity contribution in [1.29, 1.82) is 5.26 Å². The average Bonchev–Trinajstić information content (AvgIpc) is 2.34. The van der Waals surface area contributed by atoms with E-state index in [0.717, 1.165) is 32.7 Å². The minimum Gasteiger partial charge on any atom is -0.381 e. The molecule has 1 saturated heterocycles. The predicted octanol–water partition coefficient (Wildman–Crippen LogP) is 3.05. The summed E-state index contributed by atoms with van der Waals surface area (Å²) in [4.78, 5) is 0. The maximum atomic E-state index is 8.33. The summed E-state index contributed by atoms with van der Waals surface area (Å²) in [5.41, 5.74) is 0. The molecule has 1 heterocycles. The molecule has 1 atom stereocenters. The Bertz CT molecular complexity index is 195. The molecule has 3 heteroatoms. The van der Waals surface area contributed by atoms with Crippen molar-refractivity contribution in [2.24, 2.45) is 0 Å². The summed E-state index contributed by atoms with van der Waals surface area (Å²) in [7, 11) is 0. The molecule has 0 spiro atoms. The van der Waals surface area contributed by atoms with E-state index in [1.165, 1.54) is 32.1 Å². The monoisotopic (exact) mass is 225 g/mol. The van der Waals surface area contributed by atoms with Crippen LogP contribution in [0.2, 0.25) is 0 Å². The molecule has 0 aromatic carbocycles. The van der Waals surface area contributed by atoms with Crippen LogP contribution in [0.25, 0.3) is 0 Å². The fourth-order valence-corrected chi connectivity index (χ4v) is 1.97. The van der Waals surface area contributed by atoms with E-state index in [-0.39, 0.29) is 0 Å². The van der Waals surface area contributed by atoms with Gasteiger partial charge in [-0.15, -0.1) is 0 Å². The SMILES string of the molecule is N#CCCCOCCCCC1CCCCO1. The highest BCUT2D eigenvalue weighted by atomic mass is 16.5. The van der Waals surface area contributed by atoms with E-state index in [1.807, 2.05) is 0 Å². The fourth-order valence-electron chi connectivity index (χ4n) is 1.97. The Labute approximate surface area is 98.7 Å². The van der Waals surface area contributed by atoms with E-state index >= 15 is 0 Å². The quantitative estimate of drug-likeness (QED) is 0.596. The van der Waals surface area contributed by atoms with E-state index < -0.39 is 0 Å². The molecule has 0 aliphatic carbocycles. The van der Waals surface area contributed by atoms with Gasteiger partial charge in [-0.2, -0.15) is 5.26 Å². The van der Waals surface area contributed by atoms with Crippen LogP contribution in [0.3, 0.4) is 0 Å². The van der Waals surface area contributed by atoms with Gasteiger partial charge < -0.3 is 9.47 Å². The number of rotatable bonds is 8. The number of unbranched alkanes of at least 4 members (excludes halogenated alkanes) is 2. The molecule has 0 amide bonds. The zero-order valence-electron chi connectivity index (χ0n) is 10.1. The average molecular weight is 225 g/mol. The van der Waals surface area contributed by atoms with Gasteiger partial charge in [0.2, 0.25) is 0 Å². The highest BCUT2D eigenvalue weighted by Crippen LogP contribution is 2.17. The molecule has 0 aromatic heterocycles. The maximum Gasteiger partial charge on any atom is 0.0622 e. The molecule has 0 N–H and O–H groups in total. The predicted molar refractivity (Wildman–Crippen MR) is 63.1 cm³/mol. The Morgan fingerprint density at radius 2 is 2.06 bits per heavy atom. The van der Waals surface area contributed by atoms with Crippen LogP contribution in [0.15, 0.2) is 0 Å². The van der Waals surface area contributed by atoms with E-state index in [4.69, 9.17) is 14.7 Å². The van der Waals surface area contributed by atoms with Crippen LogP contribution in [0.1, 0.15) is 51.4 Å². The second-order valence-corrected chi connectivity index (χ2v) is 4.36. The molecular weight excluding hydrogens is 202 g/mol. The van der Waals surface area contributed by atoms with Gasteiger partial charge in [0.15, 0.2) is 0 Å². The number of nitriles is 1. The van der Waals surface area contributed by atoms with Gasteiger partial charge in [-0.05, 0) is 44.9 Å². The second kappa shape index (κ2) is 9.62. The first-order valence-corrected chi connectivity index (χ1v) is 6.50. The summed E-state index contributed by atoms with van der Waals surface area (Å²) in [5, 5.41) is 8.33. The van der Waals surface area contributed by atoms with Crippen molar-refractivity contribution < 1.29 is 9.47 Å². The first-order valence-electron chi connectivity index (χ1n) is 6.50. The number of ether oxygens (including phenoxy) is 2. The lowest BCUT2D eigenvalue weighted by atomic mass is 10.0. The molecule has 92 valence electrons. The number of hydrogen-bond donors (Lipinski definition) is 0. The maximum absolute atomic E-state index is 8.33. The van der Waals surface area contributed by atoms with Crippen molar-refractivity contribution in [3.8, 4) is 6.07 Å². The van der Waals surface area contributed by atoms with Crippen LogP contribution in [-0.2, 0) is 9.47 Å². The van der Waals surface area contributed by atoms with Gasteiger partial charge in [0.1, 0.15) is 0 Å². The Balaban J connectivity index is 1.79. The highest BCUT2D eigenvalue weighted by molar-refractivity contribution is 4.67. The first-order chi connectivity index (χ1) is 7.93. The summed E-state index contributed by atoms with van der Waals surface area (Å²) in [6, 6.07) is 2.12. The lowest BCUT2D eigenvalue weighted by Gasteiger charge is -2.22. The third-order valence-corrected chi connectivity index (χ3v) is 2.92. The van der Waals surface area contributed by atoms with Crippen molar-refractivity contribution in [2.45, 2.75) is 57.5 Å². The lowest BCUT2D eigenvalue weighted by Crippen LogP contribution is -2.18. The number of nitrogens with zero attached hydrogens (tertiary/aromatic N) is 1. The van der Waals surface area contributed by atoms with Crippen LogP contribution in [0.5, 0.6) is 0 Å². The van der Waals surface area contributed by atoms with Crippen molar-refractivity contribution >= 4 is 0 Å². The van der Waals surface area contributed by atoms with Gasteiger partial charge in [-0.1, -0.05) is 0 Å². The molecule has 1 rings (SSSR count). The fraction of sp³-hybridized carbons (Fsp3) is 0.923. The molecule has 3 nitrogen and oxygen atoms in total. The molecule has 0 aromatic rings. The molecule has 1 unspecified atom stereocenters. The first kappa shape index (κ1) is 13.5. The largest absolute Gasteiger partial charge is 0.381 e. The highest BCUT2D eigenvalue weighted by Gasteiger charge is 2.12. The zero-order chi connectivity index (χ0) is 11.5. The second-order valence-electron chi connectivity index (χ2n) is 4.36. The molecule has 0 radical (unpaired) electrons. The van der Waals surface area contributed by atoms with Crippen LogP contribution in [0, 0.1) is 11.3 Å². The van der Waals surface area contributed by atoms with Gasteiger partial charge in [-0.3, -0.25) is 0 Å². The van der Waals surface area contributed by atoms with Gasteiger partial charge >= 0.3 is 0 Å². The summed E-state index contributed by atoms with van der Waals surface area (Å²) < 4.78 is 11.1. The van der Waals surface area contributed by atoms with Crippen molar-refractivity contribution in [3.63, 3.8) is 0 Å². The molecule has 1 fully saturated rings. The summed E-state index contributed by atoms with van der Waals surface area (Å²) in [5.74, 6) is 0. The lowest BCUT2D eigenvalue weighted by molar-refractivity contribution is 0.00843. The molecular formula is C13H23NO2. The van der Waals surface area contributed by atoms with E-state index in [1.54, 1.807) is 0 Å². The number of hydrogen-bond acceptors (Lipinski definition) is 3. The summed E-state index contributed by atoms with van der Waals surface area (Å²) in [6.07, 6.45) is 9.28. The Morgan fingerprint density at radius 3 is 2.81 bits per heavy atom. The molecule has 16 heavy (non-hydrogen) atoms. The van der Waals surface area contributed by atoms with Crippen molar-refractivity contribution in [3.05, 3.63) is 0 Å². The molecule has 1 aliphatic rings. The molecule has 0 saturated carbocycles. The third-order valence-electron chi connectivity index (χ3n) is 2.92. The Morgan fingerprint density at radius 1 is 1.19 bits per heavy atom. The van der Waals surface area contributed by atoms with Crippen LogP contribution >= 0.6 is 0 Å². The van der Waals surface area contributed by atoms with Gasteiger partial charge in [0.25, 0.3) is 0 Å². The van der Waals surface area contributed by atoms with Crippen molar-refractivity contribution in [1.82, 2.24) is 0 Å². The van der Waals surface area contributed by atoms with Crippen LogP contribution in [0.4, 0.5) is 0 Å². The van der Waals surface area contributed by atoms with E-state index in [9.17, 15) is 0 Å². The summed E-state index contributed by atoms with van der Waals surface area (Å²) in [6.45, 7) is 2.51. The Kier molecular flexibility index (Phi) is 8.10. The molecule has 0 bridgehead atoms. The van der Waals surface area contributed by atoms with Crippen LogP contribution in [-0.4, -0.2) is 25.9 Å².